The first-order chi connectivity index (χ1) is 14.4. The van der Waals surface area contributed by atoms with Crippen molar-refractivity contribution in [1.82, 2.24) is 9.97 Å². The van der Waals surface area contributed by atoms with Gasteiger partial charge < -0.3 is 10.3 Å². The molecule has 2 heterocycles. The second-order valence-electron chi connectivity index (χ2n) is 7.01. The maximum Gasteiger partial charge on any atom is 0.269 e. The molecule has 0 radical (unpaired) electrons. The summed E-state index contributed by atoms with van der Waals surface area (Å²) >= 11 is 1.37. The number of nitrogens with zero attached hydrogens (tertiary/aromatic N) is 2. The van der Waals surface area contributed by atoms with E-state index in [0.29, 0.717) is 22.0 Å². The second kappa shape index (κ2) is 8.11. The zero-order valence-electron chi connectivity index (χ0n) is 16.0. The number of hydrogen-bond donors (Lipinski definition) is 2. The molecule has 0 spiro atoms. The Balaban J connectivity index is 1.68. The number of amides is 1. The lowest BCUT2D eigenvalue weighted by Gasteiger charge is -2.24. The number of H-pyrrole nitrogens is 1. The Morgan fingerprint density at radius 2 is 2.00 bits per heavy atom. The van der Waals surface area contributed by atoms with E-state index in [4.69, 9.17) is 0 Å². The van der Waals surface area contributed by atoms with E-state index in [1.165, 1.54) is 23.9 Å². The smallest absolute Gasteiger partial charge is 0.269 e. The van der Waals surface area contributed by atoms with Gasteiger partial charge in [0.25, 0.3) is 11.2 Å². The van der Waals surface area contributed by atoms with Crippen LogP contribution in [-0.2, 0) is 10.5 Å². The molecule has 0 saturated carbocycles. The van der Waals surface area contributed by atoms with Crippen molar-refractivity contribution in [3.63, 3.8) is 0 Å². The van der Waals surface area contributed by atoms with Crippen LogP contribution in [0.4, 0.5) is 11.5 Å². The van der Waals surface area contributed by atoms with Gasteiger partial charge in [0, 0.05) is 30.2 Å². The number of benzene rings is 2. The van der Waals surface area contributed by atoms with Crippen molar-refractivity contribution >= 4 is 29.2 Å². The van der Waals surface area contributed by atoms with Gasteiger partial charge in [0.2, 0.25) is 5.91 Å². The minimum atomic E-state index is -0.597. The quantitative estimate of drug-likeness (QED) is 0.280. The van der Waals surface area contributed by atoms with Crippen LogP contribution in [0.3, 0.4) is 0 Å². The summed E-state index contributed by atoms with van der Waals surface area (Å²) in [5, 5.41) is 14.2. The molecule has 4 rings (SSSR count). The van der Waals surface area contributed by atoms with Crippen LogP contribution in [0.15, 0.2) is 58.5 Å². The maximum absolute atomic E-state index is 12.9. The van der Waals surface area contributed by atoms with Gasteiger partial charge in [-0.05, 0) is 23.6 Å². The number of nitro groups is 1. The molecule has 8 nitrogen and oxygen atoms in total. The third kappa shape index (κ3) is 3.97. The lowest BCUT2D eigenvalue weighted by Crippen LogP contribution is -2.31. The summed E-state index contributed by atoms with van der Waals surface area (Å²) in [6.07, 6.45) is 0.0224. The standard InChI is InChI=1S/C21H18N4O4S/c1-12-5-2-3-6-14(12)11-30-21-23-19-18(20(27)24-21)16(10-17(26)22-19)13-7-4-8-15(9-13)25(28)29/h2-9,16H,10-11H2,1H3,(H2,22,23,24,26,27). The summed E-state index contributed by atoms with van der Waals surface area (Å²) in [5.41, 5.74) is 2.67. The van der Waals surface area contributed by atoms with E-state index >= 15 is 0 Å². The summed E-state index contributed by atoms with van der Waals surface area (Å²) in [6.45, 7) is 2.02. The molecule has 2 aromatic carbocycles. The van der Waals surface area contributed by atoms with Crippen LogP contribution in [0.2, 0.25) is 0 Å². The Labute approximate surface area is 175 Å². The van der Waals surface area contributed by atoms with Gasteiger partial charge in [-0.3, -0.25) is 19.7 Å². The van der Waals surface area contributed by atoms with Crippen LogP contribution < -0.4 is 10.9 Å². The summed E-state index contributed by atoms with van der Waals surface area (Å²) in [4.78, 5) is 43.0. The molecule has 1 unspecified atom stereocenters. The Morgan fingerprint density at radius 3 is 2.77 bits per heavy atom. The average molecular weight is 422 g/mol. The van der Waals surface area contributed by atoms with Gasteiger partial charge in [-0.15, -0.1) is 0 Å². The molecule has 1 amide bonds. The predicted octanol–water partition coefficient (Wildman–Crippen LogP) is 3.75. The minimum absolute atomic E-state index is 0.0224. The number of aromatic amines is 1. The minimum Gasteiger partial charge on any atom is -0.310 e. The van der Waals surface area contributed by atoms with Gasteiger partial charge in [0.1, 0.15) is 5.82 Å². The summed E-state index contributed by atoms with van der Waals surface area (Å²) in [7, 11) is 0. The van der Waals surface area contributed by atoms with Gasteiger partial charge in [-0.25, -0.2) is 4.98 Å². The highest BCUT2D eigenvalue weighted by molar-refractivity contribution is 7.98. The van der Waals surface area contributed by atoms with Crippen molar-refractivity contribution in [2.75, 3.05) is 5.32 Å². The van der Waals surface area contributed by atoms with Gasteiger partial charge in [-0.2, -0.15) is 0 Å². The van der Waals surface area contributed by atoms with E-state index in [1.54, 1.807) is 12.1 Å². The first kappa shape index (κ1) is 19.8. The Morgan fingerprint density at radius 1 is 1.20 bits per heavy atom. The van der Waals surface area contributed by atoms with Crippen molar-refractivity contribution in [2.45, 2.75) is 30.2 Å². The second-order valence-corrected chi connectivity index (χ2v) is 7.97. The number of hydrogen-bond acceptors (Lipinski definition) is 6. The predicted molar refractivity (Wildman–Crippen MR) is 114 cm³/mol. The first-order valence-corrected chi connectivity index (χ1v) is 10.3. The number of fused-ring (bicyclic) bond motifs is 1. The SMILES string of the molecule is Cc1ccccc1CSc1nc2c(c(=O)[nH]1)C(c1cccc([N+](=O)[O-])c1)CC(=O)N2. The Kier molecular flexibility index (Phi) is 5.37. The number of aromatic nitrogens is 2. The lowest BCUT2D eigenvalue weighted by atomic mass is 9.86. The number of rotatable bonds is 5. The highest BCUT2D eigenvalue weighted by atomic mass is 32.2. The van der Waals surface area contributed by atoms with Gasteiger partial charge in [-0.1, -0.05) is 48.2 Å². The molecule has 0 saturated heterocycles. The number of carbonyl (C=O) groups is 1. The van der Waals surface area contributed by atoms with Crippen molar-refractivity contribution < 1.29 is 9.72 Å². The number of carbonyl (C=O) groups excluding carboxylic acids is 1. The molecule has 0 aliphatic carbocycles. The third-order valence-corrected chi connectivity index (χ3v) is 5.96. The average Bonchev–Trinajstić information content (AvgIpc) is 2.72. The molecule has 9 heteroatoms. The van der Waals surface area contributed by atoms with Gasteiger partial charge in [0.15, 0.2) is 5.16 Å². The van der Waals surface area contributed by atoms with E-state index < -0.39 is 10.8 Å². The Hall–Kier alpha value is -3.46. The van der Waals surface area contributed by atoms with Crippen LogP contribution in [0.5, 0.6) is 0 Å². The highest BCUT2D eigenvalue weighted by Crippen LogP contribution is 2.35. The summed E-state index contributed by atoms with van der Waals surface area (Å²) < 4.78 is 0. The molecule has 2 N–H and O–H groups in total. The van der Waals surface area contributed by atoms with E-state index in [0.717, 1.165) is 11.1 Å². The highest BCUT2D eigenvalue weighted by Gasteiger charge is 2.31. The number of nitro benzene ring substituents is 1. The third-order valence-electron chi connectivity index (χ3n) is 5.04. The zero-order chi connectivity index (χ0) is 21.3. The molecule has 1 aliphatic rings. The normalized spacial score (nSPS) is 15.4. The molecule has 152 valence electrons. The molecular formula is C21H18N4O4S. The number of anilines is 1. The van der Waals surface area contributed by atoms with Crippen molar-refractivity contribution in [3.8, 4) is 0 Å². The summed E-state index contributed by atoms with van der Waals surface area (Å²) in [6, 6.07) is 14.0. The maximum atomic E-state index is 12.9. The number of thioether (sulfide) groups is 1. The fourth-order valence-corrected chi connectivity index (χ4v) is 4.41. The van der Waals surface area contributed by atoms with E-state index in [2.05, 4.69) is 15.3 Å². The van der Waals surface area contributed by atoms with Crippen LogP contribution >= 0.6 is 11.8 Å². The molecule has 3 aromatic rings. The van der Waals surface area contributed by atoms with Crippen LogP contribution in [-0.4, -0.2) is 20.8 Å². The molecule has 0 fully saturated rings. The Bertz CT molecular complexity index is 1210. The monoisotopic (exact) mass is 422 g/mol. The molecule has 0 bridgehead atoms. The number of aryl methyl sites for hydroxylation is 1. The van der Waals surface area contributed by atoms with Crippen molar-refractivity contribution in [3.05, 3.63) is 91.3 Å². The largest absolute Gasteiger partial charge is 0.310 e. The van der Waals surface area contributed by atoms with Crippen molar-refractivity contribution in [1.29, 1.82) is 0 Å². The molecule has 1 aliphatic heterocycles. The number of non-ortho nitro benzene ring substituents is 1. The van der Waals surface area contributed by atoms with Crippen LogP contribution in [0, 0.1) is 17.0 Å². The summed E-state index contributed by atoms with van der Waals surface area (Å²) in [5.74, 6) is -0.0533. The zero-order valence-corrected chi connectivity index (χ0v) is 16.9. The first-order valence-electron chi connectivity index (χ1n) is 9.28. The molecular weight excluding hydrogens is 404 g/mol. The molecule has 1 aromatic heterocycles. The fraction of sp³-hybridized carbons (Fsp3) is 0.190. The van der Waals surface area contributed by atoms with Crippen LogP contribution in [0.1, 0.15) is 34.6 Å². The topological polar surface area (TPSA) is 118 Å². The molecule has 1 atom stereocenters. The lowest BCUT2D eigenvalue weighted by molar-refractivity contribution is -0.384. The van der Waals surface area contributed by atoms with E-state index in [9.17, 15) is 19.7 Å². The van der Waals surface area contributed by atoms with Gasteiger partial charge >= 0.3 is 0 Å². The van der Waals surface area contributed by atoms with E-state index in [-0.39, 0.29) is 29.4 Å². The van der Waals surface area contributed by atoms with Gasteiger partial charge in [0.05, 0.1) is 10.5 Å². The van der Waals surface area contributed by atoms with Crippen LogP contribution in [0.25, 0.3) is 0 Å². The molecule has 30 heavy (non-hydrogen) atoms. The number of nitrogens with one attached hydrogen (secondary N) is 2. The fourth-order valence-electron chi connectivity index (χ4n) is 3.48. The van der Waals surface area contributed by atoms with Crippen molar-refractivity contribution in [2.24, 2.45) is 0 Å². The van der Waals surface area contributed by atoms with E-state index in [1.807, 2.05) is 31.2 Å².